The van der Waals surface area contributed by atoms with E-state index in [2.05, 4.69) is 4.99 Å². The lowest BCUT2D eigenvalue weighted by Crippen LogP contribution is -2.32. The van der Waals surface area contributed by atoms with Crippen LogP contribution in [0.15, 0.2) is 53.5 Å². The Morgan fingerprint density at radius 2 is 1.70 bits per heavy atom. The van der Waals surface area contributed by atoms with E-state index in [9.17, 15) is 0 Å². The van der Waals surface area contributed by atoms with Crippen molar-refractivity contribution in [3.05, 3.63) is 54.1 Å². The lowest BCUT2D eigenvalue weighted by molar-refractivity contribution is 0.351. The summed E-state index contributed by atoms with van der Waals surface area (Å²) >= 11 is 0. The van der Waals surface area contributed by atoms with Crippen LogP contribution in [0.5, 0.6) is 17.2 Å². The zero-order valence-electron chi connectivity index (χ0n) is 11.2. The minimum absolute atomic E-state index is 0.683. The number of rotatable bonds is 4. The van der Waals surface area contributed by atoms with E-state index in [0.29, 0.717) is 17.2 Å². The molecule has 0 unspecified atom stereocenters. The fraction of sp³-hybridized carbons (Fsp3) is 0.133. The highest BCUT2D eigenvalue weighted by Gasteiger charge is 2.37. The summed E-state index contributed by atoms with van der Waals surface area (Å²) in [5.41, 5.74) is 0.900. The molecule has 0 bridgehead atoms. The molecule has 0 radical (unpaired) electrons. The maximum Gasteiger partial charge on any atom is 0.864 e. The van der Waals surface area contributed by atoms with Crippen LogP contribution in [0, 0.1) is 0 Å². The molecule has 0 amide bonds. The molecule has 3 rings (SSSR count). The summed E-state index contributed by atoms with van der Waals surface area (Å²) in [4.78, 5) is 4.23. The number of nitrogens with zero attached hydrogens (tertiary/aromatic N) is 1. The van der Waals surface area contributed by atoms with E-state index in [0.717, 1.165) is 12.1 Å². The van der Waals surface area contributed by atoms with Crippen molar-refractivity contribution < 1.29 is 14.0 Å². The lowest BCUT2D eigenvalue weighted by Gasteiger charge is -2.09. The maximum atomic E-state index is 5.75. The molecular formula is C15H14BNO3. The van der Waals surface area contributed by atoms with Gasteiger partial charge in [-0.3, -0.25) is 4.99 Å². The average molecular weight is 267 g/mol. The van der Waals surface area contributed by atoms with Gasteiger partial charge in [-0.05, 0) is 31.2 Å². The molecule has 0 spiro atoms. The van der Waals surface area contributed by atoms with Crippen molar-refractivity contribution in [3.8, 4) is 17.2 Å². The number of hydrogen-bond acceptors (Lipinski definition) is 4. The predicted molar refractivity (Wildman–Crippen MR) is 78.7 cm³/mol. The van der Waals surface area contributed by atoms with E-state index in [1.165, 1.54) is 0 Å². The van der Waals surface area contributed by atoms with Gasteiger partial charge < -0.3 is 14.0 Å². The summed E-state index contributed by atoms with van der Waals surface area (Å²) in [6, 6.07) is 15.1. The molecule has 0 saturated carbocycles. The predicted octanol–water partition coefficient (Wildman–Crippen LogP) is 2.96. The summed E-state index contributed by atoms with van der Waals surface area (Å²) in [7, 11) is -0.761. The summed E-state index contributed by atoms with van der Waals surface area (Å²) < 4.78 is 16.9. The molecule has 0 aromatic heterocycles. The largest absolute Gasteiger partial charge is 0.864 e. The molecule has 1 aliphatic heterocycles. The number of benzene rings is 2. The van der Waals surface area contributed by atoms with Crippen LogP contribution in [-0.2, 0) is 0 Å². The van der Waals surface area contributed by atoms with E-state index < -0.39 is 7.32 Å². The van der Waals surface area contributed by atoms with E-state index in [-0.39, 0.29) is 0 Å². The van der Waals surface area contributed by atoms with Crippen LogP contribution in [0.4, 0.5) is 0 Å². The summed E-state index contributed by atoms with van der Waals surface area (Å²) in [6.07, 6.45) is 1.79. The van der Waals surface area contributed by atoms with Gasteiger partial charge in [0.15, 0.2) is 0 Å². The van der Waals surface area contributed by atoms with Crippen molar-refractivity contribution in [1.82, 2.24) is 0 Å². The van der Waals surface area contributed by atoms with Gasteiger partial charge >= 0.3 is 7.32 Å². The Balaban J connectivity index is 1.75. The number of para-hydroxylation sites is 3. The maximum absolute atomic E-state index is 5.75. The highest BCUT2D eigenvalue weighted by Crippen LogP contribution is 2.33. The second-order valence-electron chi connectivity index (χ2n) is 4.25. The van der Waals surface area contributed by atoms with Gasteiger partial charge in [-0.15, -0.1) is 0 Å². The minimum Gasteiger partial charge on any atom is -0.489 e. The molecule has 0 aliphatic carbocycles. The number of hydrogen-bond donors (Lipinski definition) is 0. The molecule has 100 valence electrons. The fourth-order valence-corrected chi connectivity index (χ4v) is 1.91. The van der Waals surface area contributed by atoms with Gasteiger partial charge in [0.2, 0.25) is 0 Å². The Hall–Kier alpha value is -2.43. The van der Waals surface area contributed by atoms with E-state index in [1.807, 2.05) is 55.5 Å². The summed E-state index contributed by atoms with van der Waals surface area (Å²) in [5.74, 6) is 2.07. The molecule has 0 N–H and O–H groups in total. The first kappa shape index (κ1) is 12.6. The third kappa shape index (κ3) is 2.61. The first-order valence-electron chi connectivity index (χ1n) is 6.54. The van der Waals surface area contributed by atoms with Crippen LogP contribution in [0.2, 0.25) is 0 Å². The van der Waals surface area contributed by atoms with Crippen molar-refractivity contribution in [2.75, 3.05) is 6.54 Å². The van der Waals surface area contributed by atoms with Crippen LogP contribution in [0.3, 0.4) is 0 Å². The van der Waals surface area contributed by atoms with Gasteiger partial charge in [-0.2, -0.15) is 0 Å². The molecule has 2 aromatic carbocycles. The van der Waals surface area contributed by atoms with E-state index >= 15 is 0 Å². The normalized spacial score (nSPS) is 12.9. The second kappa shape index (κ2) is 5.69. The first-order chi connectivity index (χ1) is 9.86. The number of fused-ring (bicyclic) bond motifs is 1. The molecule has 5 heteroatoms. The first-order valence-corrected chi connectivity index (χ1v) is 6.54. The topological polar surface area (TPSA) is 40.0 Å². The van der Waals surface area contributed by atoms with Gasteiger partial charge in [-0.25, -0.2) is 0 Å². The lowest BCUT2D eigenvalue weighted by atomic mass is 10.1. The third-order valence-corrected chi connectivity index (χ3v) is 2.85. The third-order valence-electron chi connectivity index (χ3n) is 2.85. The van der Waals surface area contributed by atoms with Crippen LogP contribution in [-0.4, -0.2) is 20.1 Å². The fourth-order valence-electron chi connectivity index (χ4n) is 1.91. The Labute approximate surface area is 118 Å². The summed E-state index contributed by atoms with van der Waals surface area (Å²) in [6.45, 7) is 2.72. The van der Waals surface area contributed by atoms with Crippen LogP contribution >= 0.6 is 0 Å². The van der Waals surface area contributed by atoms with Crippen molar-refractivity contribution in [2.24, 2.45) is 4.99 Å². The zero-order valence-corrected chi connectivity index (χ0v) is 11.2. The Morgan fingerprint density at radius 3 is 2.40 bits per heavy atom. The molecule has 4 nitrogen and oxygen atoms in total. The smallest absolute Gasteiger partial charge is 0.489 e. The Bertz CT molecular complexity index is 605. The van der Waals surface area contributed by atoms with E-state index in [4.69, 9.17) is 14.0 Å². The zero-order chi connectivity index (χ0) is 13.8. The quantitative estimate of drug-likeness (QED) is 0.631. The number of aliphatic imine (C=N–C) groups is 1. The molecule has 1 heterocycles. The van der Waals surface area contributed by atoms with Crippen LogP contribution in [0.1, 0.15) is 12.5 Å². The van der Waals surface area contributed by atoms with E-state index in [1.54, 1.807) is 6.21 Å². The van der Waals surface area contributed by atoms with Crippen molar-refractivity contribution in [1.29, 1.82) is 0 Å². The molecule has 0 atom stereocenters. The Morgan fingerprint density at radius 1 is 1.05 bits per heavy atom. The van der Waals surface area contributed by atoms with Crippen molar-refractivity contribution in [2.45, 2.75) is 6.92 Å². The van der Waals surface area contributed by atoms with Gasteiger partial charge in [0, 0.05) is 18.3 Å². The SMILES string of the molecule is CCN=Cc1ccccc1OB1Oc2ccccc2O1. The molecule has 20 heavy (non-hydrogen) atoms. The van der Waals surface area contributed by atoms with Gasteiger partial charge in [-0.1, -0.05) is 24.3 Å². The molecule has 0 fully saturated rings. The van der Waals surface area contributed by atoms with Crippen molar-refractivity contribution >= 4 is 13.5 Å². The monoisotopic (exact) mass is 267 g/mol. The highest BCUT2D eigenvalue weighted by molar-refractivity contribution is 6.41. The van der Waals surface area contributed by atoms with Gasteiger partial charge in [0.25, 0.3) is 0 Å². The molecule has 1 aliphatic rings. The Kier molecular flexibility index (Phi) is 3.59. The standard InChI is InChI=1S/C15H14BNO3/c1-2-17-11-12-7-3-4-8-13(12)18-16-19-14-9-5-6-10-15(14)20-16/h3-11H,2H2,1H3. The highest BCUT2D eigenvalue weighted by atomic mass is 16.8. The minimum atomic E-state index is -0.761. The van der Waals surface area contributed by atoms with Gasteiger partial charge in [0.05, 0.1) is 0 Å². The molecule has 2 aromatic rings. The van der Waals surface area contributed by atoms with Crippen molar-refractivity contribution in [3.63, 3.8) is 0 Å². The summed E-state index contributed by atoms with van der Waals surface area (Å²) in [5, 5.41) is 0. The average Bonchev–Trinajstić information content (AvgIpc) is 2.88. The van der Waals surface area contributed by atoms with Gasteiger partial charge in [0.1, 0.15) is 17.2 Å². The molecular weight excluding hydrogens is 253 g/mol. The second-order valence-corrected chi connectivity index (χ2v) is 4.25. The van der Waals surface area contributed by atoms with Crippen LogP contribution < -0.4 is 14.0 Å². The van der Waals surface area contributed by atoms with Crippen LogP contribution in [0.25, 0.3) is 0 Å². The molecule has 0 saturated heterocycles.